The van der Waals surface area contributed by atoms with Crippen LogP contribution in [-0.4, -0.2) is 79.3 Å². The van der Waals surface area contributed by atoms with Gasteiger partial charge in [0.2, 0.25) is 0 Å². The summed E-state index contributed by atoms with van der Waals surface area (Å²) in [5.74, 6) is -0.0529. The van der Waals surface area contributed by atoms with Gasteiger partial charge in [0.05, 0.1) is 24.5 Å². The number of anilines is 1. The SMILES string of the molecule is CCN1CCN(C(=O)c2c(C)c(N3CCOCC3)c(C)n2Cc2cccc(C(F)(F)F)c2)CC1. The maximum absolute atomic E-state index is 13.8. The van der Waals surface area contributed by atoms with Crippen LogP contribution in [0.4, 0.5) is 18.9 Å². The summed E-state index contributed by atoms with van der Waals surface area (Å²) in [5.41, 5.74) is 3.18. The van der Waals surface area contributed by atoms with Crippen LogP contribution in [0.1, 0.15) is 39.8 Å². The van der Waals surface area contributed by atoms with Gasteiger partial charge in [0.15, 0.2) is 0 Å². The molecule has 0 atom stereocenters. The first kappa shape index (κ1) is 24.6. The topological polar surface area (TPSA) is 40.9 Å². The van der Waals surface area contributed by atoms with Crippen molar-refractivity contribution in [1.82, 2.24) is 14.4 Å². The minimum absolute atomic E-state index is 0.0529. The normalized spacial score (nSPS) is 17.9. The molecule has 0 N–H and O–H groups in total. The Morgan fingerprint density at radius 2 is 1.71 bits per heavy atom. The maximum Gasteiger partial charge on any atom is 0.416 e. The van der Waals surface area contributed by atoms with Crippen molar-refractivity contribution in [2.24, 2.45) is 0 Å². The Bertz CT molecular complexity index is 1020. The summed E-state index contributed by atoms with van der Waals surface area (Å²) < 4.78 is 47.4. The van der Waals surface area contributed by atoms with Crippen molar-refractivity contribution in [3.8, 4) is 0 Å². The van der Waals surface area contributed by atoms with Crippen molar-refractivity contribution in [2.45, 2.75) is 33.5 Å². The lowest BCUT2D eigenvalue weighted by atomic mass is 10.1. The van der Waals surface area contributed by atoms with Crippen LogP contribution in [0.2, 0.25) is 0 Å². The summed E-state index contributed by atoms with van der Waals surface area (Å²) in [6, 6.07) is 5.37. The molecule has 9 heteroatoms. The van der Waals surface area contributed by atoms with Crippen molar-refractivity contribution >= 4 is 11.6 Å². The van der Waals surface area contributed by atoms with Crippen LogP contribution in [0.25, 0.3) is 0 Å². The Morgan fingerprint density at radius 3 is 2.32 bits per heavy atom. The van der Waals surface area contributed by atoms with Gasteiger partial charge in [-0.2, -0.15) is 13.2 Å². The minimum atomic E-state index is -4.41. The van der Waals surface area contributed by atoms with Crippen molar-refractivity contribution in [3.05, 3.63) is 52.3 Å². The fraction of sp³-hybridized carbons (Fsp3) is 0.560. The molecule has 1 aromatic heterocycles. The first-order chi connectivity index (χ1) is 16.2. The number of benzene rings is 1. The third-order valence-electron chi connectivity index (χ3n) is 6.96. The Labute approximate surface area is 198 Å². The van der Waals surface area contributed by atoms with Crippen LogP contribution in [0.15, 0.2) is 24.3 Å². The molecular formula is C25H33F3N4O2. The number of likely N-dealkylation sites (N-methyl/N-ethyl adjacent to an activating group) is 1. The predicted octanol–water partition coefficient (Wildman–Crippen LogP) is 3.79. The molecule has 2 saturated heterocycles. The average Bonchev–Trinajstić information content (AvgIpc) is 3.08. The number of amides is 1. The van der Waals surface area contributed by atoms with E-state index in [0.717, 1.165) is 55.7 Å². The predicted molar refractivity (Wildman–Crippen MR) is 126 cm³/mol. The summed E-state index contributed by atoms with van der Waals surface area (Å²) in [6.07, 6.45) is -4.41. The summed E-state index contributed by atoms with van der Waals surface area (Å²) in [7, 11) is 0. The van der Waals surface area contributed by atoms with Gasteiger partial charge in [0.25, 0.3) is 5.91 Å². The number of hydrogen-bond acceptors (Lipinski definition) is 4. The number of carbonyl (C=O) groups is 1. The van der Waals surface area contributed by atoms with E-state index in [1.165, 1.54) is 12.1 Å². The van der Waals surface area contributed by atoms with E-state index in [0.29, 0.717) is 37.6 Å². The summed E-state index contributed by atoms with van der Waals surface area (Å²) in [4.78, 5) is 20.2. The van der Waals surface area contributed by atoms with Crippen LogP contribution in [-0.2, 0) is 17.5 Å². The highest BCUT2D eigenvalue weighted by molar-refractivity contribution is 5.96. The molecule has 34 heavy (non-hydrogen) atoms. The molecule has 3 heterocycles. The van der Waals surface area contributed by atoms with E-state index in [1.807, 2.05) is 23.3 Å². The zero-order valence-corrected chi connectivity index (χ0v) is 20.1. The van der Waals surface area contributed by atoms with Gasteiger partial charge in [0, 0.05) is 57.1 Å². The van der Waals surface area contributed by atoms with E-state index < -0.39 is 11.7 Å². The number of rotatable bonds is 5. The molecule has 2 aromatic rings. The molecule has 2 aliphatic heterocycles. The molecule has 2 aliphatic rings. The standard InChI is InChI=1S/C25H33F3N4O2/c1-4-29-8-10-31(11-9-29)24(33)23-18(2)22(30-12-14-34-15-13-30)19(3)32(23)17-20-6-5-7-21(16-20)25(26,27)28/h5-7,16H,4,8-15,17H2,1-3H3. The minimum Gasteiger partial charge on any atom is -0.378 e. The van der Waals surface area contributed by atoms with Crippen LogP contribution in [0, 0.1) is 13.8 Å². The van der Waals surface area contributed by atoms with Crippen LogP contribution >= 0.6 is 0 Å². The van der Waals surface area contributed by atoms with Gasteiger partial charge in [-0.05, 0) is 38.1 Å². The summed E-state index contributed by atoms with van der Waals surface area (Å²) in [5, 5.41) is 0. The zero-order valence-electron chi connectivity index (χ0n) is 20.1. The third-order valence-corrected chi connectivity index (χ3v) is 6.96. The lowest BCUT2D eigenvalue weighted by Crippen LogP contribution is -2.49. The molecule has 1 aromatic carbocycles. The lowest BCUT2D eigenvalue weighted by Gasteiger charge is -2.34. The molecule has 0 bridgehead atoms. The second-order valence-electron chi connectivity index (χ2n) is 9.02. The van der Waals surface area contributed by atoms with Gasteiger partial charge in [-0.3, -0.25) is 4.79 Å². The number of ether oxygens (including phenoxy) is 1. The third kappa shape index (κ3) is 4.95. The number of morpholine rings is 1. The molecule has 0 radical (unpaired) electrons. The molecule has 0 unspecified atom stereocenters. The Hall–Kier alpha value is -2.52. The van der Waals surface area contributed by atoms with E-state index >= 15 is 0 Å². The fourth-order valence-corrected chi connectivity index (χ4v) is 5.05. The molecular weight excluding hydrogens is 445 g/mol. The van der Waals surface area contributed by atoms with Crippen LogP contribution in [0.5, 0.6) is 0 Å². The smallest absolute Gasteiger partial charge is 0.378 e. The second kappa shape index (κ2) is 10.00. The molecule has 0 spiro atoms. The van der Waals surface area contributed by atoms with Crippen LogP contribution < -0.4 is 4.90 Å². The van der Waals surface area contributed by atoms with Gasteiger partial charge in [-0.25, -0.2) is 0 Å². The average molecular weight is 479 g/mol. The van der Waals surface area contributed by atoms with Gasteiger partial charge < -0.3 is 24.0 Å². The summed E-state index contributed by atoms with van der Waals surface area (Å²) >= 11 is 0. The van der Waals surface area contributed by atoms with Gasteiger partial charge in [-0.1, -0.05) is 19.1 Å². The van der Waals surface area contributed by atoms with Crippen molar-refractivity contribution < 1.29 is 22.7 Å². The highest BCUT2D eigenvalue weighted by atomic mass is 19.4. The quantitative estimate of drug-likeness (QED) is 0.656. The monoisotopic (exact) mass is 478 g/mol. The highest BCUT2D eigenvalue weighted by Gasteiger charge is 2.32. The first-order valence-electron chi connectivity index (χ1n) is 11.9. The Morgan fingerprint density at radius 1 is 1.03 bits per heavy atom. The first-order valence-corrected chi connectivity index (χ1v) is 11.9. The number of halogens is 3. The number of hydrogen-bond donors (Lipinski definition) is 0. The zero-order chi connectivity index (χ0) is 24.5. The van der Waals surface area contributed by atoms with Gasteiger partial charge in [-0.15, -0.1) is 0 Å². The number of nitrogens with zero attached hydrogens (tertiary/aromatic N) is 4. The van der Waals surface area contributed by atoms with Gasteiger partial charge >= 0.3 is 6.18 Å². The van der Waals surface area contributed by atoms with E-state index in [-0.39, 0.29) is 12.5 Å². The molecule has 0 aliphatic carbocycles. The molecule has 4 rings (SSSR count). The maximum atomic E-state index is 13.8. The number of carbonyl (C=O) groups excluding carboxylic acids is 1. The van der Waals surface area contributed by atoms with Crippen LogP contribution in [0.3, 0.4) is 0 Å². The molecule has 186 valence electrons. The Kier molecular flexibility index (Phi) is 7.23. The highest BCUT2D eigenvalue weighted by Crippen LogP contribution is 2.34. The lowest BCUT2D eigenvalue weighted by molar-refractivity contribution is -0.137. The van der Waals surface area contributed by atoms with E-state index in [9.17, 15) is 18.0 Å². The number of alkyl halides is 3. The number of piperazine rings is 1. The molecule has 0 saturated carbocycles. The molecule has 2 fully saturated rings. The Balaban J connectivity index is 1.73. The second-order valence-corrected chi connectivity index (χ2v) is 9.02. The van der Waals surface area contributed by atoms with E-state index in [2.05, 4.69) is 16.7 Å². The molecule has 6 nitrogen and oxygen atoms in total. The number of aromatic nitrogens is 1. The largest absolute Gasteiger partial charge is 0.416 e. The molecule has 1 amide bonds. The van der Waals surface area contributed by atoms with Crippen molar-refractivity contribution in [2.75, 3.05) is 63.9 Å². The summed E-state index contributed by atoms with van der Waals surface area (Å²) in [6.45, 7) is 12.8. The van der Waals surface area contributed by atoms with Crippen molar-refractivity contribution in [3.63, 3.8) is 0 Å². The van der Waals surface area contributed by atoms with E-state index in [1.54, 1.807) is 6.07 Å². The fourth-order valence-electron chi connectivity index (χ4n) is 5.05. The van der Waals surface area contributed by atoms with Crippen molar-refractivity contribution in [1.29, 1.82) is 0 Å². The van der Waals surface area contributed by atoms with Gasteiger partial charge in [0.1, 0.15) is 5.69 Å². The van der Waals surface area contributed by atoms with E-state index in [4.69, 9.17) is 4.74 Å².